The van der Waals surface area contributed by atoms with Crippen molar-refractivity contribution in [3.8, 4) is 0 Å². The van der Waals surface area contributed by atoms with Crippen molar-refractivity contribution in [1.82, 2.24) is 9.62 Å². The Bertz CT molecular complexity index is 572. The summed E-state index contributed by atoms with van der Waals surface area (Å²) >= 11 is 0. The lowest BCUT2D eigenvalue weighted by atomic mass is 10.1. The zero-order chi connectivity index (χ0) is 16.0. The van der Waals surface area contributed by atoms with Crippen LogP contribution < -0.4 is 4.72 Å². The van der Waals surface area contributed by atoms with Gasteiger partial charge in [-0.1, -0.05) is 12.1 Å². The van der Waals surface area contributed by atoms with Gasteiger partial charge < -0.3 is 4.90 Å². The molecule has 0 aliphatic heterocycles. The molecule has 0 radical (unpaired) electrons. The van der Waals surface area contributed by atoms with E-state index in [4.69, 9.17) is 0 Å². The highest BCUT2D eigenvalue weighted by Gasteiger charge is 2.19. The van der Waals surface area contributed by atoms with Crippen molar-refractivity contribution >= 4 is 15.9 Å². The normalized spacial score (nSPS) is 13.0. The first-order chi connectivity index (χ1) is 9.74. The van der Waals surface area contributed by atoms with Gasteiger partial charge in [0.2, 0.25) is 15.9 Å². The molecule has 1 aromatic rings. The molecule has 0 spiro atoms. The molecule has 0 aliphatic rings. The summed E-state index contributed by atoms with van der Waals surface area (Å²) < 4.78 is 37.2. The minimum Gasteiger partial charge on any atom is -0.336 e. The molecule has 5 nitrogen and oxygen atoms in total. The fraction of sp³-hybridized carbons (Fsp3) is 0.500. The lowest BCUT2D eigenvalue weighted by molar-refractivity contribution is -0.132. The number of nitrogens with one attached hydrogen (secondary N) is 1. The SMILES string of the molecule is CCN(C(=O)CCNS(C)(=O)=O)C(C)c1ccc(F)cc1. The van der Waals surface area contributed by atoms with E-state index in [9.17, 15) is 17.6 Å². The first-order valence-corrected chi connectivity index (χ1v) is 8.63. The molecule has 1 amide bonds. The Morgan fingerprint density at radius 2 is 1.90 bits per heavy atom. The van der Waals surface area contributed by atoms with Crippen LogP contribution in [-0.2, 0) is 14.8 Å². The van der Waals surface area contributed by atoms with E-state index in [2.05, 4.69) is 4.72 Å². The fourth-order valence-corrected chi connectivity index (χ4v) is 2.55. The molecule has 21 heavy (non-hydrogen) atoms. The minimum absolute atomic E-state index is 0.0737. The second-order valence-corrected chi connectivity index (χ2v) is 6.66. The third kappa shape index (κ3) is 5.81. The number of halogens is 1. The summed E-state index contributed by atoms with van der Waals surface area (Å²) in [5, 5.41) is 0. The monoisotopic (exact) mass is 316 g/mol. The van der Waals surface area contributed by atoms with Crippen molar-refractivity contribution in [2.75, 3.05) is 19.3 Å². The summed E-state index contributed by atoms with van der Waals surface area (Å²) in [5.74, 6) is -0.469. The van der Waals surface area contributed by atoms with E-state index in [1.54, 1.807) is 17.0 Å². The molecule has 0 fully saturated rings. The average Bonchev–Trinajstić information content (AvgIpc) is 2.38. The van der Waals surface area contributed by atoms with E-state index in [0.717, 1.165) is 11.8 Å². The maximum absolute atomic E-state index is 12.9. The number of hydrogen-bond donors (Lipinski definition) is 1. The number of amides is 1. The molecule has 7 heteroatoms. The van der Waals surface area contributed by atoms with Crippen LogP contribution in [-0.4, -0.2) is 38.6 Å². The Balaban J connectivity index is 2.68. The van der Waals surface area contributed by atoms with Crippen molar-refractivity contribution < 1.29 is 17.6 Å². The predicted octanol–water partition coefficient (Wildman–Crippen LogP) is 1.67. The molecule has 1 N–H and O–H groups in total. The number of carbonyl (C=O) groups is 1. The van der Waals surface area contributed by atoms with Crippen molar-refractivity contribution in [3.63, 3.8) is 0 Å². The van der Waals surface area contributed by atoms with Crippen LogP contribution in [0, 0.1) is 5.82 Å². The van der Waals surface area contributed by atoms with Gasteiger partial charge in [0, 0.05) is 19.5 Å². The van der Waals surface area contributed by atoms with Crippen molar-refractivity contribution in [2.24, 2.45) is 0 Å². The van der Waals surface area contributed by atoms with Crippen molar-refractivity contribution in [1.29, 1.82) is 0 Å². The predicted molar refractivity (Wildman–Crippen MR) is 79.7 cm³/mol. The molecule has 1 unspecified atom stereocenters. The van der Waals surface area contributed by atoms with Gasteiger partial charge in [-0.3, -0.25) is 4.79 Å². The van der Waals surface area contributed by atoms with Crippen molar-refractivity contribution in [3.05, 3.63) is 35.6 Å². The highest BCUT2D eigenvalue weighted by molar-refractivity contribution is 7.88. The van der Waals surface area contributed by atoms with Gasteiger partial charge in [0.1, 0.15) is 5.82 Å². The lowest BCUT2D eigenvalue weighted by Crippen LogP contribution is -2.36. The number of nitrogens with zero attached hydrogens (tertiary/aromatic N) is 1. The summed E-state index contributed by atoms with van der Waals surface area (Å²) in [4.78, 5) is 13.8. The van der Waals surface area contributed by atoms with E-state index >= 15 is 0 Å². The minimum atomic E-state index is -3.29. The van der Waals surface area contributed by atoms with Gasteiger partial charge in [-0.25, -0.2) is 17.5 Å². The molecule has 1 aromatic carbocycles. The maximum atomic E-state index is 12.9. The van der Waals surface area contributed by atoms with Crippen LogP contribution in [0.2, 0.25) is 0 Å². The third-order valence-electron chi connectivity index (χ3n) is 3.18. The van der Waals surface area contributed by atoms with Crippen LogP contribution in [0.5, 0.6) is 0 Å². The smallest absolute Gasteiger partial charge is 0.224 e. The van der Waals surface area contributed by atoms with Gasteiger partial charge >= 0.3 is 0 Å². The quantitative estimate of drug-likeness (QED) is 0.832. The second kappa shape index (κ2) is 7.51. The Kier molecular flexibility index (Phi) is 6.29. The van der Waals surface area contributed by atoms with E-state index in [-0.39, 0.29) is 30.7 Å². The number of sulfonamides is 1. The van der Waals surface area contributed by atoms with E-state index in [1.165, 1.54) is 12.1 Å². The molecule has 1 rings (SSSR count). The summed E-state index contributed by atoms with van der Waals surface area (Å²) in [6, 6.07) is 5.81. The van der Waals surface area contributed by atoms with Crippen LogP contribution in [0.3, 0.4) is 0 Å². The van der Waals surface area contributed by atoms with Gasteiger partial charge in [-0.2, -0.15) is 0 Å². The number of rotatable bonds is 7. The highest BCUT2D eigenvalue weighted by Crippen LogP contribution is 2.20. The topological polar surface area (TPSA) is 66.5 Å². The Labute approximate surface area is 125 Å². The molecule has 0 bridgehead atoms. The molecule has 0 aliphatic carbocycles. The molecule has 0 saturated carbocycles. The third-order valence-corrected chi connectivity index (χ3v) is 3.91. The van der Waals surface area contributed by atoms with Crippen LogP contribution >= 0.6 is 0 Å². The largest absolute Gasteiger partial charge is 0.336 e. The maximum Gasteiger partial charge on any atom is 0.224 e. The molecule has 0 heterocycles. The summed E-state index contributed by atoms with van der Waals surface area (Å²) in [6.45, 7) is 4.28. The van der Waals surface area contributed by atoms with Crippen LogP contribution in [0.4, 0.5) is 4.39 Å². The van der Waals surface area contributed by atoms with Gasteiger partial charge in [0.15, 0.2) is 0 Å². The molecular formula is C14H21FN2O3S. The zero-order valence-electron chi connectivity index (χ0n) is 12.5. The van der Waals surface area contributed by atoms with Crippen LogP contribution in [0.25, 0.3) is 0 Å². The summed E-state index contributed by atoms with van der Waals surface area (Å²) in [6.07, 6.45) is 1.14. The standard InChI is InChI=1S/C14H21FN2O3S/c1-4-17(14(18)9-10-16-21(3,19)20)11(2)12-5-7-13(15)8-6-12/h5-8,11,16H,4,9-10H2,1-3H3. The molecule has 0 aromatic heterocycles. The van der Waals surface area contributed by atoms with E-state index < -0.39 is 10.0 Å². The van der Waals surface area contributed by atoms with Crippen LogP contribution in [0.1, 0.15) is 31.9 Å². The highest BCUT2D eigenvalue weighted by atomic mass is 32.2. The summed E-state index contributed by atoms with van der Waals surface area (Å²) in [5.41, 5.74) is 0.836. The number of benzene rings is 1. The second-order valence-electron chi connectivity index (χ2n) is 4.82. The van der Waals surface area contributed by atoms with Gasteiger partial charge in [0.25, 0.3) is 0 Å². The molecular weight excluding hydrogens is 295 g/mol. The Morgan fingerprint density at radius 1 is 1.33 bits per heavy atom. The Hall–Kier alpha value is -1.47. The number of hydrogen-bond acceptors (Lipinski definition) is 3. The van der Waals surface area contributed by atoms with Crippen LogP contribution in [0.15, 0.2) is 24.3 Å². The number of carbonyl (C=O) groups excluding carboxylic acids is 1. The fourth-order valence-electron chi connectivity index (χ4n) is 2.07. The van der Waals surface area contributed by atoms with Gasteiger partial charge in [0.05, 0.1) is 12.3 Å². The van der Waals surface area contributed by atoms with Crippen molar-refractivity contribution in [2.45, 2.75) is 26.3 Å². The Morgan fingerprint density at radius 3 is 2.38 bits per heavy atom. The van der Waals surface area contributed by atoms with E-state index in [0.29, 0.717) is 6.54 Å². The molecule has 0 saturated heterocycles. The summed E-state index contributed by atoms with van der Waals surface area (Å²) in [7, 11) is -3.29. The molecule has 118 valence electrons. The molecule has 1 atom stereocenters. The van der Waals surface area contributed by atoms with E-state index in [1.807, 2.05) is 13.8 Å². The lowest BCUT2D eigenvalue weighted by Gasteiger charge is -2.28. The van der Waals surface area contributed by atoms with Gasteiger partial charge in [-0.05, 0) is 31.5 Å². The first-order valence-electron chi connectivity index (χ1n) is 6.74. The first kappa shape index (κ1) is 17.6. The average molecular weight is 316 g/mol. The zero-order valence-corrected chi connectivity index (χ0v) is 13.3. The van der Waals surface area contributed by atoms with Gasteiger partial charge in [-0.15, -0.1) is 0 Å².